The highest BCUT2D eigenvalue weighted by Crippen LogP contribution is 2.32. The molecule has 4 aliphatic heterocycles. The topological polar surface area (TPSA) is 125 Å². The summed E-state index contributed by atoms with van der Waals surface area (Å²) in [7, 11) is 0. The maximum atomic E-state index is 12.5. The van der Waals surface area contributed by atoms with Crippen molar-refractivity contribution in [3.05, 3.63) is 54.1 Å². The van der Waals surface area contributed by atoms with E-state index in [0.717, 1.165) is 63.0 Å². The molecule has 4 aliphatic rings. The average molecular weight is 544 g/mol. The molecule has 208 valence electrons. The van der Waals surface area contributed by atoms with E-state index in [-0.39, 0.29) is 37.1 Å². The summed E-state index contributed by atoms with van der Waals surface area (Å²) in [6.07, 6.45) is 5.22. The maximum absolute atomic E-state index is 12.5. The summed E-state index contributed by atoms with van der Waals surface area (Å²) in [4.78, 5) is 31.7. The summed E-state index contributed by atoms with van der Waals surface area (Å²) >= 11 is 0. The summed E-state index contributed by atoms with van der Waals surface area (Å²) in [5.74, 6) is 1.98. The number of hydrogen-bond acceptors (Lipinski definition) is 9. The number of nitrogens with zero attached hydrogens (tertiary/aromatic N) is 5. The molecular formula is C29H33N7O4. The second-order valence-electron chi connectivity index (χ2n) is 11.0. The van der Waals surface area contributed by atoms with Crippen molar-refractivity contribution >= 4 is 29.3 Å². The molecule has 7 rings (SSSR count). The molecule has 4 bridgehead atoms. The fourth-order valence-electron chi connectivity index (χ4n) is 6.01. The first-order valence-electron chi connectivity index (χ1n) is 14.0. The van der Waals surface area contributed by atoms with Gasteiger partial charge < -0.3 is 35.0 Å². The van der Waals surface area contributed by atoms with Gasteiger partial charge in [0.1, 0.15) is 0 Å². The van der Waals surface area contributed by atoms with E-state index in [1.54, 1.807) is 24.3 Å². The first kappa shape index (κ1) is 25.2. The summed E-state index contributed by atoms with van der Waals surface area (Å²) in [6, 6.07) is 14.2. The minimum absolute atomic E-state index is 0.0377. The zero-order valence-electron chi connectivity index (χ0n) is 22.2. The number of amides is 2. The molecule has 1 aromatic heterocycles. The third kappa shape index (κ3) is 5.32. The summed E-state index contributed by atoms with van der Waals surface area (Å²) in [5, 5.41) is 14.9. The number of aliphatic hydroxyl groups is 1. The van der Waals surface area contributed by atoms with Gasteiger partial charge in [-0.25, -0.2) is 4.79 Å². The lowest BCUT2D eigenvalue weighted by Gasteiger charge is -2.34. The van der Waals surface area contributed by atoms with Crippen LogP contribution in [-0.2, 0) is 16.1 Å². The fraction of sp³-hybridized carbons (Fsp3) is 0.448. The number of hydrogen-bond donors (Lipinski definition) is 3. The Labute approximate surface area is 232 Å². The van der Waals surface area contributed by atoms with Gasteiger partial charge in [0.15, 0.2) is 5.82 Å². The molecule has 11 heteroatoms. The lowest BCUT2D eigenvalue weighted by molar-refractivity contribution is 0.0293. The van der Waals surface area contributed by atoms with Crippen LogP contribution in [0.1, 0.15) is 31.2 Å². The molecule has 4 fully saturated rings. The lowest BCUT2D eigenvalue weighted by atomic mass is 10.2. The van der Waals surface area contributed by atoms with Crippen molar-refractivity contribution in [1.82, 2.24) is 15.0 Å². The number of morpholine rings is 2. The molecule has 5 heterocycles. The van der Waals surface area contributed by atoms with Crippen LogP contribution in [0.25, 0.3) is 11.4 Å². The van der Waals surface area contributed by atoms with Crippen molar-refractivity contribution in [1.29, 1.82) is 0 Å². The Kier molecular flexibility index (Phi) is 6.70. The first-order chi connectivity index (χ1) is 19.6. The van der Waals surface area contributed by atoms with Gasteiger partial charge >= 0.3 is 6.03 Å². The standard InChI is InChI=1S/C29H33N7O4/c37-17-18-1-5-20(6-2-18)30-29(38)31-21-7-3-19(4-8-21)26-32-27(35-13-22-9-10-23(14-35)39-22)34-28(33-26)36-15-24-11-12-25(16-36)40-24/h1-8,22-25,37H,9-17H2,(H2,30,31,38). The maximum Gasteiger partial charge on any atom is 0.323 e. The van der Waals surface area contributed by atoms with Gasteiger partial charge in [0.25, 0.3) is 0 Å². The Bertz CT molecular complexity index is 1300. The van der Waals surface area contributed by atoms with Crippen LogP contribution in [0.3, 0.4) is 0 Å². The highest BCUT2D eigenvalue weighted by Gasteiger charge is 2.37. The van der Waals surface area contributed by atoms with Crippen molar-refractivity contribution in [3.63, 3.8) is 0 Å². The molecular weight excluding hydrogens is 510 g/mol. The average Bonchev–Trinajstić information content (AvgIpc) is 3.51. The predicted octanol–water partition coefficient (Wildman–Crippen LogP) is 3.41. The number of anilines is 4. The summed E-state index contributed by atoms with van der Waals surface area (Å²) in [5.41, 5.74) is 2.93. The summed E-state index contributed by atoms with van der Waals surface area (Å²) < 4.78 is 12.1. The van der Waals surface area contributed by atoms with Crippen molar-refractivity contribution in [2.45, 2.75) is 56.7 Å². The van der Waals surface area contributed by atoms with Crippen LogP contribution in [0.2, 0.25) is 0 Å². The minimum Gasteiger partial charge on any atom is -0.392 e. The van der Waals surface area contributed by atoms with Crippen LogP contribution >= 0.6 is 0 Å². The Morgan fingerprint density at radius 3 is 1.62 bits per heavy atom. The third-order valence-electron chi connectivity index (χ3n) is 8.06. The van der Waals surface area contributed by atoms with Gasteiger partial charge in [-0.3, -0.25) is 0 Å². The van der Waals surface area contributed by atoms with Gasteiger partial charge in [0, 0.05) is 43.1 Å². The second kappa shape index (κ2) is 10.6. The van der Waals surface area contributed by atoms with E-state index >= 15 is 0 Å². The number of nitrogens with one attached hydrogen (secondary N) is 2. The van der Waals surface area contributed by atoms with Gasteiger partial charge in [-0.1, -0.05) is 12.1 Å². The normalized spacial score (nSPS) is 25.2. The number of benzene rings is 2. The van der Waals surface area contributed by atoms with Crippen molar-refractivity contribution in [2.24, 2.45) is 0 Å². The number of aromatic nitrogens is 3. The van der Waals surface area contributed by atoms with Crippen LogP contribution in [0.4, 0.5) is 28.1 Å². The molecule has 0 radical (unpaired) electrons. The van der Waals surface area contributed by atoms with E-state index in [4.69, 9.17) is 24.4 Å². The molecule has 2 aromatic carbocycles. The highest BCUT2D eigenvalue weighted by molar-refractivity contribution is 5.99. The van der Waals surface area contributed by atoms with Crippen LogP contribution in [0, 0.1) is 0 Å². The number of rotatable bonds is 6. The highest BCUT2D eigenvalue weighted by atomic mass is 16.5. The van der Waals surface area contributed by atoms with Crippen LogP contribution < -0.4 is 20.4 Å². The Morgan fingerprint density at radius 1 is 0.725 bits per heavy atom. The van der Waals surface area contributed by atoms with Gasteiger partial charge in [-0.05, 0) is 67.6 Å². The number of fused-ring (bicyclic) bond motifs is 4. The van der Waals surface area contributed by atoms with E-state index in [1.165, 1.54) is 0 Å². The zero-order valence-corrected chi connectivity index (χ0v) is 22.2. The molecule has 0 saturated carbocycles. The van der Waals surface area contributed by atoms with Gasteiger partial charge in [0.05, 0.1) is 31.0 Å². The molecule has 0 aliphatic carbocycles. The summed E-state index contributed by atoms with van der Waals surface area (Å²) in [6.45, 7) is 3.11. The van der Waals surface area contributed by atoms with E-state index in [9.17, 15) is 9.90 Å². The smallest absolute Gasteiger partial charge is 0.323 e. The van der Waals surface area contributed by atoms with Crippen LogP contribution in [-0.4, -0.2) is 76.7 Å². The molecule has 2 amide bonds. The molecule has 3 N–H and O–H groups in total. The first-order valence-corrected chi connectivity index (χ1v) is 14.0. The zero-order chi connectivity index (χ0) is 27.1. The number of ether oxygens (including phenoxy) is 2. The number of aliphatic hydroxyl groups excluding tert-OH is 1. The van der Waals surface area contributed by atoms with Crippen molar-refractivity contribution in [3.8, 4) is 11.4 Å². The molecule has 11 nitrogen and oxygen atoms in total. The number of carbonyl (C=O) groups is 1. The van der Waals surface area contributed by atoms with Crippen LogP contribution in [0.5, 0.6) is 0 Å². The van der Waals surface area contributed by atoms with Crippen molar-refractivity contribution in [2.75, 3.05) is 46.6 Å². The monoisotopic (exact) mass is 543 g/mol. The van der Waals surface area contributed by atoms with E-state index in [1.807, 2.05) is 24.3 Å². The molecule has 4 atom stereocenters. The Morgan fingerprint density at radius 2 is 1.18 bits per heavy atom. The van der Waals surface area contributed by atoms with Gasteiger partial charge in [0.2, 0.25) is 11.9 Å². The predicted molar refractivity (Wildman–Crippen MR) is 150 cm³/mol. The number of carbonyl (C=O) groups excluding carboxylic acids is 1. The van der Waals surface area contributed by atoms with E-state index < -0.39 is 0 Å². The molecule has 4 unspecified atom stereocenters. The molecule has 40 heavy (non-hydrogen) atoms. The van der Waals surface area contributed by atoms with E-state index in [0.29, 0.717) is 29.1 Å². The van der Waals surface area contributed by atoms with E-state index in [2.05, 4.69) is 20.4 Å². The lowest BCUT2D eigenvalue weighted by Crippen LogP contribution is -2.45. The number of urea groups is 1. The molecule has 0 spiro atoms. The van der Waals surface area contributed by atoms with Gasteiger partial charge in [-0.15, -0.1) is 0 Å². The SMILES string of the molecule is O=C(Nc1ccc(CO)cc1)Nc1ccc(-c2nc(N3CC4CCC(C3)O4)nc(N3CC4CCC(C3)O4)n2)cc1. The Balaban J connectivity index is 1.11. The molecule has 3 aromatic rings. The van der Waals surface area contributed by atoms with Gasteiger partial charge in [-0.2, -0.15) is 15.0 Å². The Hall–Kier alpha value is -3.80. The quantitative estimate of drug-likeness (QED) is 0.429. The third-order valence-corrected chi connectivity index (χ3v) is 8.06. The minimum atomic E-state index is -0.349. The fourth-order valence-corrected chi connectivity index (χ4v) is 6.01. The van der Waals surface area contributed by atoms with Crippen molar-refractivity contribution < 1.29 is 19.4 Å². The van der Waals surface area contributed by atoms with Crippen LogP contribution in [0.15, 0.2) is 48.5 Å². The second-order valence-corrected chi connectivity index (χ2v) is 11.0. The largest absolute Gasteiger partial charge is 0.392 e. The molecule has 4 saturated heterocycles.